The Labute approximate surface area is 109 Å². The minimum Gasteiger partial charge on any atom is -0.309 e. The lowest BCUT2D eigenvalue weighted by Gasteiger charge is -2.34. The zero-order valence-corrected chi connectivity index (χ0v) is 12.3. The Kier molecular flexibility index (Phi) is 3.88. The highest BCUT2D eigenvalue weighted by atomic mass is 32.1. The molecule has 0 spiro atoms. The van der Waals surface area contributed by atoms with Crippen molar-refractivity contribution >= 4 is 11.3 Å². The molecule has 0 aromatic carbocycles. The molecule has 1 aliphatic carbocycles. The van der Waals surface area contributed by atoms with Crippen LogP contribution in [0.3, 0.4) is 0 Å². The summed E-state index contributed by atoms with van der Waals surface area (Å²) in [4.78, 5) is 6.31. The first-order valence-corrected chi connectivity index (χ1v) is 7.59. The highest BCUT2D eigenvalue weighted by Gasteiger charge is 2.34. The molecule has 1 unspecified atom stereocenters. The number of aryl methyl sites for hydroxylation is 1. The molecule has 2 rings (SSSR count). The minimum absolute atomic E-state index is 0.386. The van der Waals surface area contributed by atoms with Gasteiger partial charge in [0.15, 0.2) is 0 Å². The summed E-state index contributed by atoms with van der Waals surface area (Å²) in [6.07, 6.45) is 4.65. The number of nitrogens with zero attached hydrogens (tertiary/aromatic N) is 1. The first-order valence-electron chi connectivity index (χ1n) is 6.77. The quantitative estimate of drug-likeness (QED) is 0.883. The normalized spacial score (nSPS) is 22.5. The molecule has 2 nitrogen and oxygen atoms in total. The van der Waals surface area contributed by atoms with Crippen molar-refractivity contribution in [3.8, 4) is 0 Å². The van der Waals surface area contributed by atoms with E-state index >= 15 is 0 Å². The monoisotopic (exact) mass is 252 g/mol. The van der Waals surface area contributed by atoms with Crippen LogP contribution >= 0.6 is 11.3 Å². The minimum atomic E-state index is 0.386. The maximum absolute atomic E-state index is 4.80. The van der Waals surface area contributed by atoms with Crippen molar-refractivity contribution in [1.82, 2.24) is 10.3 Å². The number of hydrogen-bond acceptors (Lipinski definition) is 3. The summed E-state index contributed by atoms with van der Waals surface area (Å²) in [6.45, 7) is 10.3. The standard InChI is InChI=1S/C14H24N2S/c1-5-7-15-10-8-14(3,4)9-11-13(10)17-12(6-2)16-11/h10,15H,5-9H2,1-4H3. The lowest BCUT2D eigenvalue weighted by molar-refractivity contribution is 0.258. The van der Waals surface area contributed by atoms with Crippen LogP contribution in [0.5, 0.6) is 0 Å². The number of aromatic nitrogens is 1. The number of rotatable bonds is 4. The van der Waals surface area contributed by atoms with Gasteiger partial charge in [-0.05, 0) is 37.6 Å². The highest BCUT2D eigenvalue weighted by molar-refractivity contribution is 7.11. The third-order valence-corrected chi connectivity index (χ3v) is 4.79. The largest absolute Gasteiger partial charge is 0.309 e. The summed E-state index contributed by atoms with van der Waals surface area (Å²) in [6, 6.07) is 0.534. The van der Waals surface area contributed by atoms with E-state index in [1.807, 2.05) is 11.3 Å². The summed E-state index contributed by atoms with van der Waals surface area (Å²) < 4.78 is 0. The van der Waals surface area contributed by atoms with Crippen LogP contribution < -0.4 is 5.32 Å². The second kappa shape index (κ2) is 5.07. The van der Waals surface area contributed by atoms with E-state index in [1.165, 1.54) is 28.4 Å². The van der Waals surface area contributed by atoms with Crippen molar-refractivity contribution in [1.29, 1.82) is 0 Å². The first kappa shape index (κ1) is 13.0. The van der Waals surface area contributed by atoms with Crippen molar-refractivity contribution in [3.05, 3.63) is 15.6 Å². The Morgan fingerprint density at radius 2 is 2.18 bits per heavy atom. The third kappa shape index (κ3) is 2.89. The van der Waals surface area contributed by atoms with Gasteiger partial charge < -0.3 is 5.32 Å². The van der Waals surface area contributed by atoms with E-state index in [4.69, 9.17) is 4.98 Å². The van der Waals surface area contributed by atoms with Crippen LogP contribution in [0.2, 0.25) is 0 Å². The molecule has 1 N–H and O–H groups in total. The van der Waals surface area contributed by atoms with Gasteiger partial charge in [-0.3, -0.25) is 0 Å². The highest BCUT2D eigenvalue weighted by Crippen LogP contribution is 2.43. The zero-order valence-electron chi connectivity index (χ0n) is 11.5. The van der Waals surface area contributed by atoms with Crippen molar-refractivity contribution in [2.24, 2.45) is 5.41 Å². The number of hydrogen-bond donors (Lipinski definition) is 1. The van der Waals surface area contributed by atoms with Crippen molar-refractivity contribution in [2.45, 2.75) is 59.4 Å². The van der Waals surface area contributed by atoms with E-state index < -0.39 is 0 Å². The van der Waals surface area contributed by atoms with Gasteiger partial charge in [0.1, 0.15) is 0 Å². The van der Waals surface area contributed by atoms with Crippen LogP contribution in [0.15, 0.2) is 0 Å². The fourth-order valence-corrected chi connectivity index (χ4v) is 3.72. The summed E-state index contributed by atoms with van der Waals surface area (Å²) in [5.74, 6) is 0. The fourth-order valence-electron chi connectivity index (χ4n) is 2.62. The van der Waals surface area contributed by atoms with Gasteiger partial charge in [0.05, 0.1) is 10.7 Å². The predicted octanol–water partition coefficient (Wildman–Crippen LogP) is 3.72. The van der Waals surface area contributed by atoms with Crippen molar-refractivity contribution in [3.63, 3.8) is 0 Å². The molecule has 1 aromatic rings. The van der Waals surface area contributed by atoms with Gasteiger partial charge in [0, 0.05) is 10.9 Å². The van der Waals surface area contributed by atoms with Crippen LogP contribution in [0.4, 0.5) is 0 Å². The van der Waals surface area contributed by atoms with Gasteiger partial charge in [-0.15, -0.1) is 11.3 Å². The number of nitrogens with one attached hydrogen (secondary N) is 1. The smallest absolute Gasteiger partial charge is 0.0928 e. The van der Waals surface area contributed by atoms with Crippen molar-refractivity contribution in [2.75, 3.05) is 6.54 Å². The molecule has 0 saturated carbocycles. The Morgan fingerprint density at radius 1 is 1.41 bits per heavy atom. The Morgan fingerprint density at radius 3 is 2.82 bits per heavy atom. The molecule has 0 amide bonds. The van der Waals surface area contributed by atoms with E-state index in [0.717, 1.165) is 19.4 Å². The lowest BCUT2D eigenvalue weighted by Crippen LogP contribution is -2.33. The molecule has 96 valence electrons. The Balaban J connectivity index is 2.25. The number of thiazole rings is 1. The van der Waals surface area contributed by atoms with Gasteiger partial charge in [0.2, 0.25) is 0 Å². The molecular weight excluding hydrogens is 228 g/mol. The molecule has 3 heteroatoms. The zero-order chi connectivity index (χ0) is 12.5. The maximum Gasteiger partial charge on any atom is 0.0928 e. The molecule has 1 aliphatic rings. The first-order chi connectivity index (χ1) is 8.05. The summed E-state index contributed by atoms with van der Waals surface area (Å²) in [5.41, 5.74) is 1.74. The molecule has 1 atom stereocenters. The second-order valence-electron chi connectivity index (χ2n) is 5.82. The van der Waals surface area contributed by atoms with Crippen LogP contribution in [0.1, 0.15) is 62.2 Å². The van der Waals surface area contributed by atoms with Gasteiger partial charge in [0.25, 0.3) is 0 Å². The molecule has 17 heavy (non-hydrogen) atoms. The SMILES string of the molecule is CCCNC1CC(C)(C)Cc2nc(CC)sc21. The maximum atomic E-state index is 4.80. The average Bonchev–Trinajstić information content (AvgIpc) is 2.67. The van der Waals surface area contributed by atoms with Gasteiger partial charge >= 0.3 is 0 Å². The molecular formula is C14H24N2S. The third-order valence-electron chi connectivity index (χ3n) is 3.43. The van der Waals surface area contributed by atoms with Gasteiger partial charge in [-0.25, -0.2) is 4.98 Å². The van der Waals surface area contributed by atoms with Crippen LogP contribution in [-0.2, 0) is 12.8 Å². The topological polar surface area (TPSA) is 24.9 Å². The summed E-state index contributed by atoms with van der Waals surface area (Å²) >= 11 is 1.92. The van der Waals surface area contributed by atoms with Crippen LogP contribution in [0, 0.1) is 5.41 Å². The molecule has 0 aliphatic heterocycles. The van der Waals surface area contributed by atoms with Gasteiger partial charge in [-0.2, -0.15) is 0 Å². The van der Waals surface area contributed by atoms with E-state index in [1.54, 1.807) is 0 Å². The summed E-state index contributed by atoms with van der Waals surface area (Å²) in [7, 11) is 0. The molecule has 0 radical (unpaired) electrons. The van der Waals surface area contributed by atoms with E-state index in [0.29, 0.717) is 11.5 Å². The van der Waals surface area contributed by atoms with Gasteiger partial charge in [-0.1, -0.05) is 27.7 Å². The Bertz CT molecular complexity index is 382. The molecule has 0 bridgehead atoms. The summed E-state index contributed by atoms with van der Waals surface area (Å²) in [5, 5.41) is 4.99. The van der Waals surface area contributed by atoms with Crippen LogP contribution in [-0.4, -0.2) is 11.5 Å². The molecule has 1 aromatic heterocycles. The number of fused-ring (bicyclic) bond motifs is 1. The lowest BCUT2D eigenvalue weighted by atomic mass is 9.76. The van der Waals surface area contributed by atoms with E-state index in [-0.39, 0.29) is 0 Å². The average molecular weight is 252 g/mol. The molecule has 0 fully saturated rings. The van der Waals surface area contributed by atoms with Crippen molar-refractivity contribution < 1.29 is 0 Å². The Hall–Kier alpha value is -0.410. The fraction of sp³-hybridized carbons (Fsp3) is 0.786. The molecule has 1 heterocycles. The van der Waals surface area contributed by atoms with E-state index in [2.05, 4.69) is 33.0 Å². The van der Waals surface area contributed by atoms with Crippen LogP contribution in [0.25, 0.3) is 0 Å². The second-order valence-corrected chi connectivity index (χ2v) is 6.94. The predicted molar refractivity (Wildman–Crippen MR) is 74.6 cm³/mol. The van der Waals surface area contributed by atoms with E-state index in [9.17, 15) is 0 Å². The molecule has 0 saturated heterocycles.